The number of benzene rings is 1. The number of carbonyl (C=O) groups is 2. The number of amides is 1. The number of hydrogen-bond acceptors (Lipinski definition) is 5. The fraction of sp³-hybridized carbons (Fsp3) is 0.429. The van der Waals surface area contributed by atoms with Crippen molar-refractivity contribution in [2.75, 3.05) is 20.2 Å². The zero-order valence-electron chi connectivity index (χ0n) is 12.3. The summed E-state index contributed by atoms with van der Waals surface area (Å²) < 4.78 is 4.57. The van der Waals surface area contributed by atoms with Crippen molar-refractivity contribution >= 4 is 17.6 Å². The molecule has 0 aliphatic rings. The summed E-state index contributed by atoms with van der Waals surface area (Å²) in [5.74, 6) is -0.842. The predicted octanol–water partition coefficient (Wildman–Crippen LogP) is 1.93. The Morgan fingerprint density at radius 1 is 1.38 bits per heavy atom. The summed E-state index contributed by atoms with van der Waals surface area (Å²) in [6.07, 6.45) is 0.689. The van der Waals surface area contributed by atoms with Gasteiger partial charge in [0.1, 0.15) is 6.54 Å². The fourth-order valence-electron chi connectivity index (χ4n) is 1.91. The van der Waals surface area contributed by atoms with Crippen molar-refractivity contribution in [3.05, 3.63) is 39.4 Å². The molecular formula is C14H18N2O5. The molecule has 0 aliphatic carbocycles. The maximum absolute atomic E-state index is 12.4. The number of rotatable bonds is 6. The minimum absolute atomic E-state index is 0.0703. The second-order valence-corrected chi connectivity index (χ2v) is 4.56. The topological polar surface area (TPSA) is 89.8 Å². The molecule has 0 saturated carbocycles. The van der Waals surface area contributed by atoms with Crippen molar-refractivity contribution < 1.29 is 19.2 Å². The van der Waals surface area contributed by atoms with Crippen LogP contribution in [0.2, 0.25) is 0 Å². The molecule has 0 saturated heterocycles. The highest BCUT2D eigenvalue weighted by molar-refractivity contribution is 5.97. The molecule has 1 aromatic rings. The summed E-state index contributed by atoms with van der Waals surface area (Å²) in [5.41, 5.74) is 0.775. The van der Waals surface area contributed by atoms with Crippen LogP contribution in [0, 0.1) is 17.0 Å². The van der Waals surface area contributed by atoms with E-state index in [1.807, 2.05) is 6.92 Å². The van der Waals surface area contributed by atoms with E-state index in [4.69, 9.17) is 0 Å². The van der Waals surface area contributed by atoms with Gasteiger partial charge in [-0.05, 0) is 25.0 Å². The molecule has 21 heavy (non-hydrogen) atoms. The lowest BCUT2D eigenvalue weighted by Crippen LogP contribution is -2.37. The molecule has 0 bridgehead atoms. The van der Waals surface area contributed by atoms with Gasteiger partial charge in [0, 0.05) is 24.2 Å². The second-order valence-electron chi connectivity index (χ2n) is 4.56. The third-order valence-electron chi connectivity index (χ3n) is 2.98. The molecule has 1 aromatic carbocycles. The number of aryl methyl sites for hydroxylation is 1. The number of non-ortho nitro benzene ring substituents is 1. The largest absolute Gasteiger partial charge is 0.468 e. The van der Waals surface area contributed by atoms with Gasteiger partial charge in [-0.1, -0.05) is 6.92 Å². The normalized spacial score (nSPS) is 10.0. The van der Waals surface area contributed by atoms with Crippen LogP contribution in [0.25, 0.3) is 0 Å². The molecule has 0 aromatic heterocycles. The molecule has 0 spiro atoms. The van der Waals surface area contributed by atoms with Gasteiger partial charge in [0.05, 0.1) is 12.0 Å². The van der Waals surface area contributed by atoms with Crippen LogP contribution in [0.4, 0.5) is 5.69 Å². The van der Waals surface area contributed by atoms with Gasteiger partial charge in [-0.2, -0.15) is 0 Å². The second kappa shape index (κ2) is 7.37. The Bertz CT molecular complexity index is 556. The van der Waals surface area contributed by atoms with Gasteiger partial charge in [0.15, 0.2) is 0 Å². The van der Waals surface area contributed by atoms with Crippen LogP contribution in [0.5, 0.6) is 0 Å². The molecule has 0 heterocycles. The number of esters is 1. The van der Waals surface area contributed by atoms with E-state index in [1.54, 1.807) is 6.92 Å². The monoisotopic (exact) mass is 294 g/mol. The first-order chi connectivity index (χ1) is 9.90. The van der Waals surface area contributed by atoms with E-state index in [1.165, 1.54) is 30.2 Å². The summed E-state index contributed by atoms with van der Waals surface area (Å²) in [5, 5.41) is 10.7. The predicted molar refractivity (Wildman–Crippen MR) is 76.0 cm³/mol. The quantitative estimate of drug-likeness (QED) is 0.454. The Balaban J connectivity index is 3.03. The van der Waals surface area contributed by atoms with Crippen molar-refractivity contribution in [3.63, 3.8) is 0 Å². The zero-order chi connectivity index (χ0) is 16.0. The summed E-state index contributed by atoms with van der Waals surface area (Å²) in [7, 11) is 1.26. The standard InChI is InChI=1S/C14H18N2O5/c1-4-7-15(9-13(17)21-3)14(18)12-6-5-11(16(19)20)8-10(12)2/h5-6,8H,4,7,9H2,1-3H3. The Kier molecular flexibility index (Phi) is 5.83. The molecule has 0 aliphatic heterocycles. The van der Waals surface area contributed by atoms with Crippen LogP contribution in [0.3, 0.4) is 0 Å². The molecule has 114 valence electrons. The Morgan fingerprint density at radius 2 is 2.05 bits per heavy atom. The maximum atomic E-state index is 12.4. The Morgan fingerprint density at radius 3 is 2.52 bits per heavy atom. The van der Waals surface area contributed by atoms with Gasteiger partial charge in [-0.15, -0.1) is 0 Å². The van der Waals surface area contributed by atoms with Crippen LogP contribution >= 0.6 is 0 Å². The molecular weight excluding hydrogens is 276 g/mol. The fourth-order valence-corrected chi connectivity index (χ4v) is 1.91. The Labute approximate surface area is 122 Å². The van der Waals surface area contributed by atoms with Gasteiger partial charge in [-0.25, -0.2) is 0 Å². The Hall–Kier alpha value is -2.44. The summed E-state index contributed by atoms with van der Waals surface area (Å²) in [6, 6.07) is 4.04. The number of hydrogen-bond donors (Lipinski definition) is 0. The molecule has 7 nitrogen and oxygen atoms in total. The van der Waals surface area contributed by atoms with Crippen LogP contribution in [-0.4, -0.2) is 41.9 Å². The third-order valence-corrected chi connectivity index (χ3v) is 2.98. The minimum atomic E-state index is -0.514. The smallest absolute Gasteiger partial charge is 0.325 e. The first-order valence-corrected chi connectivity index (χ1v) is 6.51. The first kappa shape index (κ1) is 16.6. The van der Waals surface area contributed by atoms with Crippen molar-refractivity contribution in [3.8, 4) is 0 Å². The lowest BCUT2D eigenvalue weighted by atomic mass is 10.1. The molecule has 0 fully saturated rings. The number of carbonyl (C=O) groups excluding carboxylic acids is 2. The van der Waals surface area contributed by atoms with Gasteiger partial charge >= 0.3 is 5.97 Å². The highest BCUT2D eigenvalue weighted by atomic mass is 16.6. The summed E-state index contributed by atoms with van der Waals surface area (Å²) in [6.45, 7) is 3.78. The zero-order valence-corrected chi connectivity index (χ0v) is 12.3. The van der Waals surface area contributed by atoms with E-state index in [0.29, 0.717) is 24.1 Å². The van der Waals surface area contributed by atoms with Crippen LogP contribution in [0.1, 0.15) is 29.3 Å². The molecule has 0 atom stereocenters. The molecule has 0 unspecified atom stereocenters. The highest BCUT2D eigenvalue weighted by Gasteiger charge is 2.21. The molecule has 1 rings (SSSR count). The lowest BCUT2D eigenvalue weighted by molar-refractivity contribution is -0.384. The molecule has 0 N–H and O–H groups in total. The summed E-state index contributed by atoms with van der Waals surface area (Å²) in [4.78, 5) is 35.4. The van der Waals surface area contributed by atoms with Crippen LogP contribution < -0.4 is 0 Å². The number of nitrogens with zero attached hydrogens (tertiary/aromatic N) is 2. The number of methoxy groups -OCH3 is 1. The van der Waals surface area contributed by atoms with E-state index in [2.05, 4.69) is 4.74 Å². The molecule has 1 amide bonds. The van der Waals surface area contributed by atoms with Gasteiger partial charge in [-0.3, -0.25) is 19.7 Å². The lowest BCUT2D eigenvalue weighted by Gasteiger charge is -2.21. The van der Waals surface area contributed by atoms with Gasteiger partial charge < -0.3 is 9.64 Å². The first-order valence-electron chi connectivity index (χ1n) is 6.51. The van der Waals surface area contributed by atoms with Crippen molar-refractivity contribution in [2.45, 2.75) is 20.3 Å². The number of nitro benzene ring substituents is 1. The van der Waals surface area contributed by atoms with E-state index in [-0.39, 0.29) is 18.1 Å². The minimum Gasteiger partial charge on any atom is -0.468 e. The maximum Gasteiger partial charge on any atom is 0.325 e. The van der Waals surface area contributed by atoms with Crippen LogP contribution in [0.15, 0.2) is 18.2 Å². The average molecular weight is 294 g/mol. The van der Waals surface area contributed by atoms with Gasteiger partial charge in [0.2, 0.25) is 0 Å². The van der Waals surface area contributed by atoms with E-state index in [0.717, 1.165) is 0 Å². The molecule has 0 radical (unpaired) electrons. The van der Waals surface area contributed by atoms with Crippen molar-refractivity contribution in [1.29, 1.82) is 0 Å². The van der Waals surface area contributed by atoms with Gasteiger partial charge in [0.25, 0.3) is 11.6 Å². The summed E-state index contributed by atoms with van der Waals surface area (Å²) >= 11 is 0. The average Bonchev–Trinajstić information content (AvgIpc) is 2.45. The number of nitro groups is 1. The highest BCUT2D eigenvalue weighted by Crippen LogP contribution is 2.18. The SMILES string of the molecule is CCCN(CC(=O)OC)C(=O)c1ccc([N+](=O)[O-])cc1C. The van der Waals surface area contributed by atoms with Crippen molar-refractivity contribution in [1.82, 2.24) is 4.90 Å². The number of ether oxygens (including phenoxy) is 1. The third kappa shape index (κ3) is 4.27. The van der Waals surface area contributed by atoms with Crippen molar-refractivity contribution in [2.24, 2.45) is 0 Å². The van der Waals surface area contributed by atoms with E-state index in [9.17, 15) is 19.7 Å². The van der Waals surface area contributed by atoms with E-state index < -0.39 is 10.9 Å². The van der Waals surface area contributed by atoms with E-state index >= 15 is 0 Å². The van der Waals surface area contributed by atoms with Crippen LogP contribution in [-0.2, 0) is 9.53 Å². The molecule has 7 heteroatoms.